The van der Waals surface area contributed by atoms with E-state index in [1.54, 1.807) is 36.1 Å². The lowest BCUT2D eigenvalue weighted by atomic mass is 10.1. The van der Waals surface area contributed by atoms with Gasteiger partial charge in [0.05, 0.1) is 11.6 Å². The van der Waals surface area contributed by atoms with E-state index >= 15 is 0 Å². The number of hydrogen-bond acceptors (Lipinski definition) is 4. The standard InChI is InChI=1S/C20H20N4O2/c1-15(25)17-5-7-19(8-6-17)23-9-11-24(12-10-23)20(26)22-18-4-2-3-16(13-18)14-21/h2-8,13H,9-12H2,1H3,(H,22,26). The van der Waals surface area contributed by atoms with Crippen LogP contribution in [0.1, 0.15) is 22.8 Å². The van der Waals surface area contributed by atoms with Crippen LogP contribution in [-0.2, 0) is 0 Å². The number of rotatable bonds is 3. The third-order valence-corrected chi connectivity index (χ3v) is 4.45. The fourth-order valence-electron chi connectivity index (χ4n) is 2.94. The molecule has 1 aliphatic heterocycles. The molecule has 3 rings (SSSR count). The lowest BCUT2D eigenvalue weighted by Gasteiger charge is -2.36. The maximum Gasteiger partial charge on any atom is 0.321 e. The minimum Gasteiger partial charge on any atom is -0.368 e. The summed E-state index contributed by atoms with van der Waals surface area (Å²) in [5.74, 6) is 0.0542. The van der Waals surface area contributed by atoms with Crippen LogP contribution in [0.2, 0.25) is 0 Å². The van der Waals surface area contributed by atoms with Crippen LogP contribution in [0, 0.1) is 11.3 Å². The van der Waals surface area contributed by atoms with Gasteiger partial charge in [-0.15, -0.1) is 0 Å². The summed E-state index contributed by atoms with van der Waals surface area (Å²) in [6, 6.07) is 16.3. The third-order valence-electron chi connectivity index (χ3n) is 4.45. The molecule has 1 fully saturated rings. The molecular formula is C20H20N4O2. The summed E-state index contributed by atoms with van der Waals surface area (Å²) in [4.78, 5) is 27.7. The number of Topliss-reactive ketones (excluding diaryl/α,β-unsaturated/α-hetero) is 1. The van der Waals surface area contributed by atoms with E-state index < -0.39 is 0 Å². The van der Waals surface area contributed by atoms with E-state index in [1.807, 2.05) is 24.3 Å². The first-order valence-corrected chi connectivity index (χ1v) is 8.49. The maximum atomic E-state index is 12.4. The lowest BCUT2D eigenvalue weighted by Crippen LogP contribution is -2.50. The second-order valence-corrected chi connectivity index (χ2v) is 6.20. The minimum atomic E-state index is -0.160. The molecule has 1 saturated heterocycles. The van der Waals surface area contributed by atoms with Crippen LogP contribution < -0.4 is 10.2 Å². The van der Waals surface area contributed by atoms with Crippen molar-refractivity contribution in [3.63, 3.8) is 0 Å². The van der Waals surface area contributed by atoms with Crippen molar-refractivity contribution >= 4 is 23.2 Å². The molecule has 1 heterocycles. The van der Waals surface area contributed by atoms with Crippen molar-refractivity contribution < 1.29 is 9.59 Å². The monoisotopic (exact) mass is 348 g/mol. The highest BCUT2D eigenvalue weighted by atomic mass is 16.2. The van der Waals surface area contributed by atoms with Crippen LogP contribution in [0.5, 0.6) is 0 Å². The number of piperazine rings is 1. The van der Waals surface area contributed by atoms with E-state index in [9.17, 15) is 9.59 Å². The van der Waals surface area contributed by atoms with Crippen LogP contribution in [0.3, 0.4) is 0 Å². The second kappa shape index (κ2) is 7.70. The molecule has 2 aromatic rings. The average Bonchev–Trinajstić information content (AvgIpc) is 2.68. The van der Waals surface area contributed by atoms with E-state index in [1.165, 1.54) is 0 Å². The molecule has 26 heavy (non-hydrogen) atoms. The van der Waals surface area contributed by atoms with Crippen molar-refractivity contribution in [3.05, 3.63) is 59.7 Å². The van der Waals surface area contributed by atoms with Gasteiger partial charge in [-0.25, -0.2) is 4.79 Å². The van der Waals surface area contributed by atoms with E-state index in [2.05, 4.69) is 16.3 Å². The summed E-state index contributed by atoms with van der Waals surface area (Å²) >= 11 is 0. The zero-order valence-corrected chi connectivity index (χ0v) is 14.6. The largest absolute Gasteiger partial charge is 0.368 e. The van der Waals surface area contributed by atoms with Gasteiger partial charge >= 0.3 is 6.03 Å². The molecule has 0 saturated carbocycles. The molecule has 6 nitrogen and oxygen atoms in total. The molecule has 0 bridgehead atoms. The molecule has 0 aliphatic carbocycles. The van der Waals surface area contributed by atoms with Gasteiger partial charge in [-0.05, 0) is 49.4 Å². The van der Waals surface area contributed by atoms with Crippen molar-refractivity contribution in [2.75, 3.05) is 36.4 Å². The fourth-order valence-corrected chi connectivity index (χ4v) is 2.94. The molecule has 0 radical (unpaired) electrons. The van der Waals surface area contributed by atoms with Gasteiger partial charge in [-0.1, -0.05) is 6.07 Å². The summed E-state index contributed by atoms with van der Waals surface area (Å²) in [5, 5.41) is 11.8. The smallest absolute Gasteiger partial charge is 0.321 e. The molecule has 0 aromatic heterocycles. The number of nitrogens with zero attached hydrogens (tertiary/aromatic N) is 3. The van der Waals surface area contributed by atoms with Crippen molar-refractivity contribution in [3.8, 4) is 6.07 Å². The zero-order chi connectivity index (χ0) is 18.5. The Morgan fingerprint density at radius 1 is 1.04 bits per heavy atom. The van der Waals surface area contributed by atoms with Crippen LogP contribution in [-0.4, -0.2) is 42.9 Å². The number of carbonyl (C=O) groups is 2. The first kappa shape index (κ1) is 17.5. The number of nitrogens with one attached hydrogen (secondary N) is 1. The first-order valence-electron chi connectivity index (χ1n) is 8.49. The number of benzene rings is 2. The predicted octanol–water partition coefficient (Wildman–Crippen LogP) is 3.11. The number of anilines is 2. The number of urea groups is 1. The summed E-state index contributed by atoms with van der Waals surface area (Å²) in [7, 11) is 0. The van der Waals surface area contributed by atoms with Gasteiger partial charge in [0.25, 0.3) is 0 Å². The Balaban J connectivity index is 1.56. The van der Waals surface area contributed by atoms with E-state index in [4.69, 9.17) is 5.26 Å². The number of amides is 2. The molecule has 0 unspecified atom stereocenters. The summed E-state index contributed by atoms with van der Waals surface area (Å²) in [6.45, 7) is 4.23. The Hall–Kier alpha value is -3.33. The molecule has 1 aliphatic rings. The molecule has 0 spiro atoms. The molecule has 1 N–H and O–H groups in total. The number of carbonyl (C=O) groups excluding carboxylic acids is 2. The highest BCUT2D eigenvalue weighted by Crippen LogP contribution is 2.18. The Labute approximate surface area is 152 Å². The van der Waals surface area contributed by atoms with E-state index in [0.717, 1.165) is 18.8 Å². The Kier molecular flexibility index (Phi) is 5.18. The third kappa shape index (κ3) is 4.01. The van der Waals surface area contributed by atoms with Crippen LogP contribution in [0.4, 0.5) is 16.2 Å². The number of nitriles is 1. The highest BCUT2D eigenvalue weighted by molar-refractivity contribution is 5.94. The Morgan fingerprint density at radius 2 is 1.73 bits per heavy atom. The first-order chi connectivity index (χ1) is 12.6. The lowest BCUT2D eigenvalue weighted by molar-refractivity contribution is 0.101. The molecule has 132 valence electrons. The van der Waals surface area contributed by atoms with E-state index in [-0.39, 0.29) is 11.8 Å². The average molecular weight is 348 g/mol. The van der Waals surface area contributed by atoms with Gasteiger partial charge < -0.3 is 15.1 Å². The number of ketones is 1. The van der Waals surface area contributed by atoms with Crippen molar-refractivity contribution in [1.82, 2.24) is 4.90 Å². The van der Waals surface area contributed by atoms with Crippen LogP contribution in [0.15, 0.2) is 48.5 Å². The van der Waals surface area contributed by atoms with Crippen molar-refractivity contribution in [2.24, 2.45) is 0 Å². The normalized spacial score (nSPS) is 13.8. The van der Waals surface area contributed by atoms with Gasteiger partial charge in [0.2, 0.25) is 0 Å². The Bertz CT molecular complexity index is 847. The molecular weight excluding hydrogens is 328 g/mol. The van der Waals surface area contributed by atoms with Crippen molar-refractivity contribution in [2.45, 2.75) is 6.92 Å². The van der Waals surface area contributed by atoms with Gasteiger partial charge in [-0.3, -0.25) is 4.79 Å². The summed E-state index contributed by atoms with van der Waals surface area (Å²) < 4.78 is 0. The topological polar surface area (TPSA) is 76.4 Å². The second-order valence-electron chi connectivity index (χ2n) is 6.20. The summed E-state index contributed by atoms with van der Waals surface area (Å²) in [6.07, 6.45) is 0. The van der Waals surface area contributed by atoms with Crippen molar-refractivity contribution in [1.29, 1.82) is 5.26 Å². The van der Waals surface area contributed by atoms with Gasteiger partial charge in [0.1, 0.15) is 0 Å². The molecule has 0 atom stereocenters. The zero-order valence-electron chi connectivity index (χ0n) is 14.6. The Morgan fingerprint density at radius 3 is 2.35 bits per heavy atom. The minimum absolute atomic E-state index is 0.0542. The molecule has 2 aromatic carbocycles. The SMILES string of the molecule is CC(=O)c1ccc(N2CCN(C(=O)Nc3cccc(C#N)c3)CC2)cc1. The highest BCUT2D eigenvalue weighted by Gasteiger charge is 2.21. The molecule has 6 heteroatoms. The molecule has 2 amide bonds. The van der Waals surface area contributed by atoms with Crippen LogP contribution >= 0.6 is 0 Å². The van der Waals surface area contributed by atoms with Crippen LogP contribution in [0.25, 0.3) is 0 Å². The van der Waals surface area contributed by atoms with Gasteiger partial charge in [0.15, 0.2) is 5.78 Å². The number of hydrogen-bond donors (Lipinski definition) is 1. The quantitative estimate of drug-likeness (QED) is 0.865. The van der Waals surface area contributed by atoms with Gasteiger partial charge in [-0.2, -0.15) is 5.26 Å². The van der Waals surface area contributed by atoms with E-state index in [0.29, 0.717) is 29.9 Å². The predicted molar refractivity (Wildman–Crippen MR) is 100 cm³/mol. The maximum absolute atomic E-state index is 12.4. The van der Waals surface area contributed by atoms with Gasteiger partial charge in [0, 0.05) is 43.1 Å². The fraction of sp³-hybridized carbons (Fsp3) is 0.250. The summed E-state index contributed by atoms with van der Waals surface area (Å²) in [5.41, 5.74) is 2.89.